The van der Waals surface area contributed by atoms with E-state index in [0.717, 1.165) is 34.0 Å². The lowest BCUT2D eigenvalue weighted by atomic mass is 10.1. The van der Waals surface area contributed by atoms with Gasteiger partial charge in [0, 0.05) is 0 Å². The van der Waals surface area contributed by atoms with E-state index < -0.39 is 0 Å². The molecule has 2 aromatic rings. The molecule has 0 atom stereocenters. The van der Waals surface area contributed by atoms with Gasteiger partial charge in [0.05, 0.1) is 22.8 Å². The molecule has 0 bridgehead atoms. The van der Waals surface area contributed by atoms with E-state index in [0.29, 0.717) is 5.92 Å². The smallest absolute Gasteiger partial charge is 0.177 e. The SMILES string of the molecule is Cc1nn2c(C(C)C)c(C)nc2c(N)c1C. The van der Waals surface area contributed by atoms with Crippen molar-refractivity contribution < 1.29 is 0 Å². The molecule has 0 saturated heterocycles. The third kappa shape index (κ3) is 1.37. The average molecular weight is 218 g/mol. The van der Waals surface area contributed by atoms with Crippen LogP contribution >= 0.6 is 0 Å². The van der Waals surface area contributed by atoms with E-state index in [1.165, 1.54) is 0 Å². The molecule has 0 fully saturated rings. The van der Waals surface area contributed by atoms with E-state index in [2.05, 4.69) is 23.9 Å². The van der Waals surface area contributed by atoms with E-state index in [-0.39, 0.29) is 0 Å². The Morgan fingerprint density at radius 1 is 1.12 bits per heavy atom. The van der Waals surface area contributed by atoms with Gasteiger partial charge in [0.15, 0.2) is 5.65 Å². The predicted molar refractivity (Wildman–Crippen MR) is 65.7 cm³/mol. The van der Waals surface area contributed by atoms with E-state index in [1.807, 2.05) is 25.3 Å². The Hall–Kier alpha value is -1.58. The van der Waals surface area contributed by atoms with Crippen LogP contribution in [0.25, 0.3) is 5.65 Å². The summed E-state index contributed by atoms with van der Waals surface area (Å²) >= 11 is 0. The molecular weight excluding hydrogens is 200 g/mol. The highest BCUT2D eigenvalue weighted by Crippen LogP contribution is 2.25. The molecule has 0 aliphatic rings. The Morgan fingerprint density at radius 3 is 2.31 bits per heavy atom. The molecule has 2 aromatic heterocycles. The lowest BCUT2D eigenvalue weighted by Crippen LogP contribution is -2.06. The van der Waals surface area contributed by atoms with Gasteiger partial charge in [-0.05, 0) is 32.3 Å². The highest BCUT2D eigenvalue weighted by Gasteiger charge is 2.16. The molecule has 4 nitrogen and oxygen atoms in total. The van der Waals surface area contributed by atoms with Crippen LogP contribution in [0.5, 0.6) is 0 Å². The maximum Gasteiger partial charge on any atom is 0.177 e. The van der Waals surface area contributed by atoms with E-state index >= 15 is 0 Å². The van der Waals surface area contributed by atoms with Crippen molar-refractivity contribution in [1.82, 2.24) is 14.6 Å². The first kappa shape index (κ1) is 10.9. The number of aromatic nitrogens is 3. The van der Waals surface area contributed by atoms with Gasteiger partial charge in [0.25, 0.3) is 0 Å². The molecule has 0 aromatic carbocycles. The van der Waals surface area contributed by atoms with Crippen molar-refractivity contribution in [2.24, 2.45) is 0 Å². The van der Waals surface area contributed by atoms with Crippen LogP contribution in [0, 0.1) is 20.8 Å². The molecule has 0 unspecified atom stereocenters. The van der Waals surface area contributed by atoms with Gasteiger partial charge in [-0.2, -0.15) is 5.10 Å². The van der Waals surface area contributed by atoms with Crippen LogP contribution in [-0.2, 0) is 0 Å². The normalized spacial score (nSPS) is 11.6. The Bertz CT molecular complexity index is 552. The Morgan fingerprint density at radius 2 is 1.75 bits per heavy atom. The van der Waals surface area contributed by atoms with E-state index in [4.69, 9.17) is 5.73 Å². The van der Waals surface area contributed by atoms with Crippen molar-refractivity contribution >= 4 is 11.3 Å². The molecule has 0 aliphatic heterocycles. The van der Waals surface area contributed by atoms with Crippen LogP contribution in [0.4, 0.5) is 5.69 Å². The largest absolute Gasteiger partial charge is 0.395 e. The zero-order valence-electron chi connectivity index (χ0n) is 10.5. The predicted octanol–water partition coefficient (Wildman–Crippen LogP) is 2.36. The molecule has 0 aliphatic carbocycles. The van der Waals surface area contributed by atoms with Gasteiger partial charge in [-0.3, -0.25) is 0 Å². The first-order valence-corrected chi connectivity index (χ1v) is 5.55. The number of nitrogens with two attached hydrogens (primary N) is 1. The summed E-state index contributed by atoms with van der Waals surface area (Å²) in [4.78, 5) is 4.51. The third-order valence-electron chi connectivity index (χ3n) is 3.06. The molecule has 4 heteroatoms. The van der Waals surface area contributed by atoms with Crippen molar-refractivity contribution in [2.75, 3.05) is 5.73 Å². The van der Waals surface area contributed by atoms with E-state index in [9.17, 15) is 0 Å². The molecule has 2 rings (SSSR count). The summed E-state index contributed by atoms with van der Waals surface area (Å²) in [6.07, 6.45) is 0. The molecule has 16 heavy (non-hydrogen) atoms. The van der Waals surface area contributed by atoms with Gasteiger partial charge in [-0.1, -0.05) is 13.8 Å². The number of nitrogens with zero attached hydrogens (tertiary/aromatic N) is 3. The second kappa shape index (κ2) is 3.47. The van der Waals surface area contributed by atoms with Gasteiger partial charge in [0.2, 0.25) is 0 Å². The Labute approximate surface area is 95.5 Å². The van der Waals surface area contributed by atoms with Crippen LogP contribution in [0.15, 0.2) is 0 Å². The molecule has 0 spiro atoms. The van der Waals surface area contributed by atoms with Gasteiger partial charge < -0.3 is 5.73 Å². The number of hydrogen-bond acceptors (Lipinski definition) is 3. The number of fused-ring (bicyclic) bond motifs is 1. The average Bonchev–Trinajstić information content (AvgIpc) is 2.51. The number of hydrogen-bond donors (Lipinski definition) is 1. The molecule has 86 valence electrons. The van der Waals surface area contributed by atoms with Gasteiger partial charge >= 0.3 is 0 Å². The van der Waals surface area contributed by atoms with Crippen LogP contribution in [0.3, 0.4) is 0 Å². The van der Waals surface area contributed by atoms with Crippen molar-refractivity contribution in [2.45, 2.75) is 40.5 Å². The van der Waals surface area contributed by atoms with Crippen LogP contribution in [-0.4, -0.2) is 14.6 Å². The maximum atomic E-state index is 6.08. The minimum Gasteiger partial charge on any atom is -0.395 e. The number of nitrogen functional groups attached to an aromatic ring is 1. The van der Waals surface area contributed by atoms with Gasteiger partial charge in [-0.15, -0.1) is 0 Å². The molecule has 0 amide bonds. The third-order valence-corrected chi connectivity index (χ3v) is 3.06. The minimum atomic E-state index is 0.393. The van der Waals surface area contributed by atoms with Crippen LogP contribution in [0.1, 0.15) is 42.4 Å². The zero-order chi connectivity index (χ0) is 12.0. The monoisotopic (exact) mass is 218 g/mol. The van der Waals surface area contributed by atoms with Crippen molar-refractivity contribution in [3.8, 4) is 0 Å². The highest BCUT2D eigenvalue weighted by molar-refractivity contribution is 5.69. The second-order valence-electron chi connectivity index (χ2n) is 4.60. The summed E-state index contributed by atoms with van der Waals surface area (Å²) < 4.78 is 1.89. The quantitative estimate of drug-likeness (QED) is 0.799. The lowest BCUT2D eigenvalue weighted by Gasteiger charge is -2.09. The van der Waals surface area contributed by atoms with Crippen molar-refractivity contribution in [3.05, 3.63) is 22.6 Å². The highest BCUT2D eigenvalue weighted by atomic mass is 15.3. The topological polar surface area (TPSA) is 56.2 Å². The summed E-state index contributed by atoms with van der Waals surface area (Å²) in [5.41, 5.74) is 11.7. The number of anilines is 1. The van der Waals surface area contributed by atoms with E-state index in [1.54, 1.807) is 0 Å². The summed E-state index contributed by atoms with van der Waals surface area (Å²) in [5.74, 6) is 0.393. The minimum absolute atomic E-state index is 0.393. The zero-order valence-corrected chi connectivity index (χ0v) is 10.5. The summed E-state index contributed by atoms with van der Waals surface area (Å²) in [5, 5.41) is 4.55. The molecule has 0 radical (unpaired) electrons. The molecule has 0 saturated carbocycles. The van der Waals surface area contributed by atoms with Crippen molar-refractivity contribution in [1.29, 1.82) is 0 Å². The molecule has 2 heterocycles. The number of imidazole rings is 1. The van der Waals surface area contributed by atoms with Crippen molar-refractivity contribution in [3.63, 3.8) is 0 Å². The molecule has 2 N–H and O–H groups in total. The summed E-state index contributed by atoms with van der Waals surface area (Å²) in [7, 11) is 0. The number of rotatable bonds is 1. The second-order valence-corrected chi connectivity index (χ2v) is 4.60. The fourth-order valence-electron chi connectivity index (χ4n) is 2.06. The Balaban J connectivity index is 2.91. The Kier molecular flexibility index (Phi) is 2.37. The van der Waals surface area contributed by atoms with Crippen LogP contribution in [0.2, 0.25) is 0 Å². The standard InChI is InChI=1S/C12H18N4/c1-6(2)11-9(5)14-12-10(13)7(3)8(4)15-16(11)12/h6H,13H2,1-5H3. The fraction of sp³-hybridized carbons (Fsp3) is 0.500. The maximum absolute atomic E-state index is 6.08. The van der Waals surface area contributed by atoms with Crippen LogP contribution < -0.4 is 5.73 Å². The molecular formula is C12H18N4. The fourth-order valence-corrected chi connectivity index (χ4v) is 2.06. The van der Waals surface area contributed by atoms with Gasteiger partial charge in [-0.25, -0.2) is 9.50 Å². The first-order chi connectivity index (χ1) is 7.43. The lowest BCUT2D eigenvalue weighted by molar-refractivity contribution is 0.742. The van der Waals surface area contributed by atoms with Gasteiger partial charge in [0.1, 0.15) is 0 Å². The number of aryl methyl sites for hydroxylation is 2. The summed E-state index contributed by atoms with van der Waals surface area (Å²) in [6.45, 7) is 10.3. The summed E-state index contributed by atoms with van der Waals surface area (Å²) in [6, 6.07) is 0. The first-order valence-electron chi connectivity index (χ1n) is 5.55.